The molecule has 0 unspecified atom stereocenters. The Hall–Kier alpha value is -2.75. The van der Waals surface area contributed by atoms with Gasteiger partial charge in [-0.25, -0.2) is 4.79 Å². The minimum Gasteiger partial charge on any atom is -0.496 e. The van der Waals surface area contributed by atoms with Crippen molar-refractivity contribution in [3.8, 4) is 11.5 Å². The van der Waals surface area contributed by atoms with Crippen molar-refractivity contribution < 1.29 is 19.4 Å². The summed E-state index contributed by atoms with van der Waals surface area (Å²) < 4.78 is 10.9. The average Bonchev–Trinajstić information content (AvgIpc) is 2.60. The summed E-state index contributed by atoms with van der Waals surface area (Å²) in [6.07, 6.45) is 3.72. The zero-order chi connectivity index (χ0) is 18.2. The van der Waals surface area contributed by atoms with Crippen LogP contribution in [-0.4, -0.2) is 24.8 Å². The van der Waals surface area contributed by atoms with Crippen LogP contribution in [0.4, 0.5) is 0 Å². The first kappa shape index (κ1) is 18.6. The molecular formula is C21H24O4. The van der Waals surface area contributed by atoms with Crippen LogP contribution in [0.3, 0.4) is 0 Å². The van der Waals surface area contributed by atoms with E-state index in [-0.39, 0.29) is 5.57 Å². The van der Waals surface area contributed by atoms with Crippen LogP contribution in [0.25, 0.3) is 11.6 Å². The molecule has 4 nitrogen and oxygen atoms in total. The SMILES string of the molecule is CCCCOc1cccc(/C=C(\C(=O)O)c2ccc(OC)c(C)c2)c1. The first-order chi connectivity index (χ1) is 12.0. The zero-order valence-corrected chi connectivity index (χ0v) is 14.9. The molecule has 1 N–H and O–H groups in total. The van der Waals surface area contributed by atoms with Gasteiger partial charge < -0.3 is 14.6 Å². The Morgan fingerprint density at radius 2 is 2.00 bits per heavy atom. The molecule has 0 aromatic heterocycles. The number of carbonyl (C=O) groups is 1. The van der Waals surface area contributed by atoms with Gasteiger partial charge in [0.25, 0.3) is 0 Å². The number of aliphatic carboxylic acids is 1. The monoisotopic (exact) mass is 340 g/mol. The van der Waals surface area contributed by atoms with Crippen LogP contribution in [0.15, 0.2) is 42.5 Å². The molecule has 0 fully saturated rings. The number of carboxylic acids is 1. The smallest absolute Gasteiger partial charge is 0.336 e. The maximum atomic E-state index is 11.7. The Kier molecular flexibility index (Phi) is 6.63. The van der Waals surface area contributed by atoms with E-state index in [1.54, 1.807) is 25.3 Å². The lowest BCUT2D eigenvalue weighted by atomic mass is 10.0. The first-order valence-corrected chi connectivity index (χ1v) is 8.38. The van der Waals surface area contributed by atoms with Gasteiger partial charge in [-0.05, 0) is 60.4 Å². The second-order valence-electron chi connectivity index (χ2n) is 5.82. The third kappa shape index (κ3) is 5.11. The Bertz CT molecular complexity index is 762. The lowest BCUT2D eigenvalue weighted by molar-refractivity contribution is -0.130. The van der Waals surface area contributed by atoms with Gasteiger partial charge in [-0.15, -0.1) is 0 Å². The number of methoxy groups -OCH3 is 1. The third-order valence-electron chi connectivity index (χ3n) is 3.87. The van der Waals surface area contributed by atoms with Crippen molar-refractivity contribution >= 4 is 17.6 Å². The predicted molar refractivity (Wildman–Crippen MR) is 100 cm³/mol. The average molecular weight is 340 g/mol. The fraction of sp³-hybridized carbons (Fsp3) is 0.286. The summed E-state index contributed by atoms with van der Waals surface area (Å²) in [5, 5.41) is 9.62. The molecule has 0 aliphatic rings. The standard InChI is InChI=1S/C21H24O4/c1-4-5-11-25-18-8-6-7-16(13-18)14-19(21(22)23)17-9-10-20(24-3)15(2)12-17/h6-10,12-14H,4-5,11H2,1-3H3,(H,22,23)/b19-14-. The summed E-state index contributed by atoms with van der Waals surface area (Å²) in [6.45, 7) is 4.66. The van der Waals surface area contributed by atoms with Crippen molar-refractivity contribution in [2.75, 3.05) is 13.7 Å². The Morgan fingerprint density at radius 3 is 2.64 bits per heavy atom. The minimum atomic E-state index is -0.970. The van der Waals surface area contributed by atoms with E-state index in [9.17, 15) is 9.90 Å². The van der Waals surface area contributed by atoms with Crippen molar-refractivity contribution in [3.05, 3.63) is 59.2 Å². The largest absolute Gasteiger partial charge is 0.496 e. The highest BCUT2D eigenvalue weighted by atomic mass is 16.5. The second kappa shape index (κ2) is 8.92. The van der Waals surface area contributed by atoms with Gasteiger partial charge in [-0.2, -0.15) is 0 Å². The van der Waals surface area contributed by atoms with Crippen LogP contribution in [0.5, 0.6) is 11.5 Å². The lowest BCUT2D eigenvalue weighted by Crippen LogP contribution is -2.01. The van der Waals surface area contributed by atoms with Crippen LogP contribution < -0.4 is 9.47 Å². The van der Waals surface area contributed by atoms with Crippen LogP contribution in [0.2, 0.25) is 0 Å². The molecule has 0 saturated heterocycles. The van der Waals surface area contributed by atoms with Gasteiger partial charge in [0.1, 0.15) is 11.5 Å². The van der Waals surface area contributed by atoms with E-state index in [0.29, 0.717) is 12.2 Å². The summed E-state index contributed by atoms with van der Waals surface area (Å²) in [6, 6.07) is 12.8. The highest BCUT2D eigenvalue weighted by molar-refractivity contribution is 6.20. The molecule has 0 bridgehead atoms. The van der Waals surface area contributed by atoms with Gasteiger partial charge in [0.05, 0.1) is 19.3 Å². The van der Waals surface area contributed by atoms with E-state index < -0.39 is 5.97 Å². The molecular weight excluding hydrogens is 316 g/mol. The molecule has 0 saturated carbocycles. The minimum absolute atomic E-state index is 0.233. The Balaban J connectivity index is 2.32. The molecule has 0 atom stereocenters. The number of carboxylic acid groups (broad SMARTS) is 1. The summed E-state index contributed by atoms with van der Waals surface area (Å²) in [7, 11) is 1.60. The molecule has 2 aromatic rings. The fourth-order valence-electron chi connectivity index (χ4n) is 2.51. The van der Waals surface area contributed by atoms with E-state index in [0.717, 1.165) is 35.5 Å². The number of hydrogen-bond acceptors (Lipinski definition) is 3. The molecule has 0 aliphatic heterocycles. The van der Waals surface area contributed by atoms with Crippen molar-refractivity contribution in [2.45, 2.75) is 26.7 Å². The molecule has 0 heterocycles. The van der Waals surface area contributed by atoms with E-state index in [1.165, 1.54) is 0 Å². The van der Waals surface area contributed by atoms with Crippen LogP contribution in [0.1, 0.15) is 36.5 Å². The van der Waals surface area contributed by atoms with Gasteiger partial charge in [0.2, 0.25) is 0 Å². The summed E-state index contributed by atoms with van der Waals surface area (Å²) in [5.74, 6) is 0.513. The number of hydrogen-bond donors (Lipinski definition) is 1. The molecule has 0 radical (unpaired) electrons. The number of benzene rings is 2. The van der Waals surface area contributed by atoms with Crippen LogP contribution >= 0.6 is 0 Å². The van der Waals surface area contributed by atoms with E-state index >= 15 is 0 Å². The molecule has 2 aromatic carbocycles. The van der Waals surface area contributed by atoms with Crippen LogP contribution in [0, 0.1) is 6.92 Å². The highest BCUT2D eigenvalue weighted by Crippen LogP contribution is 2.26. The van der Waals surface area contributed by atoms with E-state index in [2.05, 4.69) is 6.92 Å². The molecule has 2 rings (SSSR count). The molecule has 4 heteroatoms. The maximum Gasteiger partial charge on any atom is 0.336 e. The van der Waals surface area contributed by atoms with Crippen molar-refractivity contribution in [1.82, 2.24) is 0 Å². The Labute approximate surface area is 148 Å². The van der Waals surface area contributed by atoms with Crippen LogP contribution in [-0.2, 0) is 4.79 Å². The topological polar surface area (TPSA) is 55.8 Å². The van der Waals surface area contributed by atoms with Crippen molar-refractivity contribution in [3.63, 3.8) is 0 Å². The number of ether oxygens (including phenoxy) is 2. The fourth-order valence-corrected chi connectivity index (χ4v) is 2.51. The molecule has 25 heavy (non-hydrogen) atoms. The first-order valence-electron chi connectivity index (χ1n) is 8.38. The summed E-state index contributed by atoms with van der Waals surface area (Å²) in [5.41, 5.74) is 2.56. The summed E-state index contributed by atoms with van der Waals surface area (Å²) >= 11 is 0. The van der Waals surface area contributed by atoms with Gasteiger partial charge in [-0.1, -0.05) is 31.5 Å². The van der Waals surface area contributed by atoms with Gasteiger partial charge in [-0.3, -0.25) is 0 Å². The van der Waals surface area contributed by atoms with E-state index in [1.807, 2.05) is 37.3 Å². The van der Waals surface area contributed by atoms with Gasteiger partial charge in [0.15, 0.2) is 0 Å². The van der Waals surface area contributed by atoms with Crippen molar-refractivity contribution in [1.29, 1.82) is 0 Å². The third-order valence-corrected chi connectivity index (χ3v) is 3.87. The second-order valence-corrected chi connectivity index (χ2v) is 5.82. The number of aryl methyl sites for hydroxylation is 1. The number of rotatable bonds is 8. The summed E-state index contributed by atoms with van der Waals surface area (Å²) in [4.78, 5) is 11.7. The normalized spacial score (nSPS) is 11.2. The number of unbranched alkanes of at least 4 members (excludes halogenated alkanes) is 1. The van der Waals surface area contributed by atoms with Crippen molar-refractivity contribution in [2.24, 2.45) is 0 Å². The Morgan fingerprint density at radius 1 is 1.20 bits per heavy atom. The molecule has 132 valence electrons. The quantitative estimate of drug-likeness (QED) is 0.426. The van der Waals surface area contributed by atoms with Gasteiger partial charge >= 0.3 is 5.97 Å². The highest BCUT2D eigenvalue weighted by Gasteiger charge is 2.12. The molecule has 0 amide bonds. The lowest BCUT2D eigenvalue weighted by Gasteiger charge is -2.09. The predicted octanol–water partition coefficient (Wildman–Crippen LogP) is 4.81. The zero-order valence-electron chi connectivity index (χ0n) is 14.9. The van der Waals surface area contributed by atoms with Gasteiger partial charge in [0, 0.05) is 0 Å². The molecule has 0 aliphatic carbocycles. The maximum absolute atomic E-state index is 11.7. The molecule has 0 spiro atoms. The van der Waals surface area contributed by atoms with E-state index in [4.69, 9.17) is 9.47 Å².